The van der Waals surface area contributed by atoms with E-state index < -0.39 is 17.6 Å². The Labute approximate surface area is 117 Å². The van der Waals surface area contributed by atoms with Gasteiger partial charge in [0.05, 0.1) is 5.56 Å². The third kappa shape index (κ3) is 3.68. The average molecular weight is 296 g/mol. The van der Waals surface area contributed by atoms with Crippen LogP contribution in [-0.2, 0) is 11.0 Å². The fourth-order valence-electron chi connectivity index (χ4n) is 1.70. The molecule has 0 saturated heterocycles. The first-order valence-electron chi connectivity index (χ1n) is 5.84. The van der Waals surface area contributed by atoms with E-state index in [0.29, 0.717) is 5.56 Å². The topological polar surface area (TPSA) is 73.8 Å². The van der Waals surface area contributed by atoms with Crippen LogP contribution >= 0.6 is 0 Å². The summed E-state index contributed by atoms with van der Waals surface area (Å²) in [7, 11) is 0. The third-order valence-corrected chi connectivity index (χ3v) is 2.56. The van der Waals surface area contributed by atoms with Crippen LogP contribution in [0.3, 0.4) is 0 Å². The molecular weight excluding hydrogens is 285 g/mol. The van der Waals surface area contributed by atoms with E-state index in [2.05, 4.69) is 10.1 Å². The maximum absolute atomic E-state index is 12.8. The number of nitrogens with zero attached hydrogens (tertiary/aromatic N) is 3. The molecule has 0 aliphatic heterocycles. The van der Waals surface area contributed by atoms with Gasteiger partial charge in [0.15, 0.2) is 5.82 Å². The first kappa shape index (κ1) is 14.8. The van der Waals surface area contributed by atoms with Gasteiger partial charge < -0.3 is 5.73 Å². The molecule has 0 radical (unpaired) electrons. The second kappa shape index (κ2) is 5.39. The highest BCUT2D eigenvalue weighted by Gasteiger charge is 2.31. The number of hydrogen-bond acceptors (Lipinski definition) is 3. The molecule has 1 aromatic carbocycles. The minimum Gasteiger partial charge on any atom is -0.366 e. The molecule has 8 heteroatoms. The van der Waals surface area contributed by atoms with E-state index in [9.17, 15) is 18.0 Å². The van der Waals surface area contributed by atoms with Crippen LogP contribution in [-0.4, -0.2) is 20.7 Å². The largest absolute Gasteiger partial charge is 0.416 e. The van der Waals surface area contributed by atoms with Crippen LogP contribution in [0.1, 0.15) is 11.1 Å². The Morgan fingerprint density at radius 2 is 2.05 bits per heavy atom. The Kier molecular flexibility index (Phi) is 3.79. The van der Waals surface area contributed by atoms with Gasteiger partial charge in [-0.15, -0.1) is 5.10 Å². The standard InChI is InChI=1S/C13H11F3N4O/c1-8-4-9(6-10(5-8)13(14,15)16)12-18-7-20(19-12)3-2-11(17)21/h2-7H,1H3,(H2,17,21)/b3-2-. The van der Waals surface area contributed by atoms with Gasteiger partial charge in [-0.3, -0.25) is 4.79 Å². The quantitative estimate of drug-likeness (QED) is 0.883. The molecule has 1 amide bonds. The van der Waals surface area contributed by atoms with Crippen molar-refractivity contribution in [3.8, 4) is 11.4 Å². The molecule has 2 rings (SSSR count). The molecule has 21 heavy (non-hydrogen) atoms. The molecule has 0 fully saturated rings. The fraction of sp³-hybridized carbons (Fsp3) is 0.154. The molecule has 0 bridgehead atoms. The number of nitrogens with two attached hydrogens (primary N) is 1. The number of amides is 1. The van der Waals surface area contributed by atoms with Crippen molar-refractivity contribution in [2.45, 2.75) is 13.1 Å². The Morgan fingerprint density at radius 1 is 1.33 bits per heavy atom. The molecule has 0 aliphatic carbocycles. The lowest BCUT2D eigenvalue weighted by molar-refractivity contribution is -0.137. The molecule has 1 aromatic heterocycles. The van der Waals surface area contributed by atoms with Crippen LogP contribution in [0.25, 0.3) is 17.6 Å². The zero-order valence-electron chi connectivity index (χ0n) is 10.9. The minimum atomic E-state index is -4.44. The van der Waals surface area contributed by atoms with Gasteiger partial charge in [0.1, 0.15) is 6.33 Å². The number of hydrogen-bond donors (Lipinski definition) is 1. The molecule has 0 saturated carbocycles. The second-order valence-corrected chi connectivity index (χ2v) is 4.35. The van der Waals surface area contributed by atoms with Gasteiger partial charge >= 0.3 is 6.18 Å². The van der Waals surface area contributed by atoms with E-state index >= 15 is 0 Å². The molecule has 2 N–H and O–H groups in total. The van der Waals surface area contributed by atoms with Crippen LogP contribution in [0.2, 0.25) is 0 Å². The number of carbonyl (C=O) groups excluding carboxylic acids is 1. The summed E-state index contributed by atoms with van der Waals surface area (Å²) in [6.45, 7) is 1.56. The molecule has 2 aromatic rings. The van der Waals surface area contributed by atoms with E-state index in [0.717, 1.165) is 18.2 Å². The lowest BCUT2D eigenvalue weighted by Crippen LogP contribution is -2.06. The lowest BCUT2D eigenvalue weighted by Gasteiger charge is -2.09. The van der Waals surface area contributed by atoms with E-state index in [1.807, 2.05) is 0 Å². The van der Waals surface area contributed by atoms with Crippen LogP contribution in [0.4, 0.5) is 13.2 Å². The van der Waals surface area contributed by atoms with Crippen LogP contribution in [0.5, 0.6) is 0 Å². The van der Waals surface area contributed by atoms with Crippen molar-refractivity contribution >= 4 is 12.1 Å². The Morgan fingerprint density at radius 3 is 2.67 bits per heavy atom. The second-order valence-electron chi connectivity index (χ2n) is 4.35. The van der Waals surface area contributed by atoms with Crippen LogP contribution in [0.15, 0.2) is 30.6 Å². The molecule has 5 nitrogen and oxygen atoms in total. The summed E-state index contributed by atoms with van der Waals surface area (Å²) >= 11 is 0. The number of aromatic nitrogens is 3. The van der Waals surface area contributed by atoms with Gasteiger partial charge in [0.2, 0.25) is 5.91 Å². The van der Waals surface area contributed by atoms with Crippen molar-refractivity contribution in [2.75, 3.05) is 0 Å². The van der Waals surface area contributed by atoms with Gasteiger partial charge in [-0.1, -0.05) is 0 Å². The van der Waals surface area contributed by atoms with Gasteiger partial charge in [0, 0.05) is 17.8 Å². The van der Waals surface area contributed by atoms with Crippen LogP contribution < -0.4 is 5.73 Å². The number of benzene rings is 1. The van der Waals surface area contributed by atoms with Gasteiger partial charge in [-0.05, 0) is 30.7 Å². The van der Waals surface area contributed by atoms with Crippen molar-refractivity contribution in [3.63, 3.8) is 0 Å². The van der Waals surface area contributed by atoms with E-state index in [4.69, 9.17) is 5.73 Å². The van der Waals surface area contributed by atoms with E-state index in [1.54, 1.807) is 13.0 Å². The summed E-state index contributed by atoms with van der Waals surface area (Å²) in [5.74, 6) is -0.541. The normalized spacial score (nSPS) is 12.0. The molecular formula is C13H11F3N4O. The molecule has 110 valence electrons. The molecule has 0 spiro atoms. The van der Waals surface area contributed by atoms with Crippen molar-refractivity contribution in [1.82, 2.24) is 14.8 Å². The first-order chi connectivity index (χ1) is 9.75. The molecule has 0 atom stereocenters. The maximum atomic E-state index is 12.8. The summed E-state index contributed by atoms with van der Waals surface area (Å²) in [5, 5.41) is 3.96. The fourth-order valence-corrected chi connectivity index (χ4v) is 1.70. The van der Waals surface area contributed by atoms with Crippen molar-refractivity contribution in [3.05, 3.63) is 41.7 Å². The smallest absolute Gasteiger partial charge is 0.366 e. The SMILES string of the molecule is Cc1cc(-c2ncn(/C=C\C(N)=O)n2)cc(C(F)(F)F)c1. The Bertz CT molecular complexity index is 704. The highest BCUT2D eigenvalue weighted by Crippen LogP contribution is 2.32. The highest BCUT2D eigenvalue weighted by atomic mass is 19.4. The number of rotatable bonds is 3. The van der Waals surface area contributed by atoms with Crippen LogP contribution in [0, 0.1) is 6.92 Å². The van der Waals surface area contributed by atoms with Crippen molar-refractivity contribution in [2.24, 2.45) is 5.73 Å². The number of alkyl halides is 3. The predicted molar refractivity (Wildman–Crippen MR) is 69.7 cm³/mol. The van der Waals surface area contributed by atoms with Crippen molar-refractivity contribution in [1.29, 1.82) is 0 Å². The average Bonchev–Trinajstić information content (AvgIpc) is 2.83. The summed E-state index contributed by atoms with van der Waals surface area (Å²) in [6.07, 6.45) is -0.839. The van der Waals surface area contributed by atoms with Gasteiger partial charge in [-0.25, -0.2) is 9.67 Å². The maximum Gasteiger partial charge on any atom is 0.416 e. The minimum absolute atomic E-state index is 0.123. The summed E-state index contributed by atoms with van der Waals surface area (Å²) in [6, 6.07) is 3.57. The summed E-state index contributed by atoms with van der Waals surface area (Å²) in [5.41, 5.74) is 4.86. The lowest BCUT2D eigenvalue weighted by atomic mass is 10.1. The Hall–Kier alpha value is -2.64. The molecule has 0 unspecified atom stereocenters. The van der Waals surface area contributed by atoms with E-state index in [1.165, 1.54) is 17.2 Å². The Balaban J connectivity index is 2.39. The summed E-state index contributed by atoms with van der Waals surface area (Å²) < 4.78 is 39.5. The zero-order chi connectivity index (χ0) is 15.6. The number of aryl methyl sites for hydroxylation is 1. The van der Waals surface area contributed by atoms with E-state index in [-0.39, 0.29) is 11.4 Å². The number of primary amides is 1. The molecule has 1 heterocycles. The first-order valence-corrected chi connectivity index (χ1v) is 5.84. The van der Waals surface area contributed by atoms with Crippen molar-refractivity contribution < 1.29 is 18.0 Å². The number of halogens is 3. The summed E-state index contributed by atoms with van der Waals surface area (Å²) in [4.78, 5) is 14.5. The predicted octanol–water partition coefficient (Wildman–Crippen LogP) is 2.23. The monoisotopic (exact) mass is 296 g/mol. The highest BCUT2D eigenvalue weighted by molar-refractivity contribution is 5.88. The number of carbonyl (C=O) groups is 1. The van der Waals surface area contributed by atoms with Gasteiger partial charge in [0.25, 0.3) is 0 Å². The molecule has 0 aliphatic rings. The third-order valence-electron chi connectivity index (χ3n) is 2.56. The zero-order valence-corrected chi connectivity index (χ0v) is 10.9. The van der Waals surface area contributed by atoms with Gasteiger partial charge in [-0.2, -0.15) is 13.2 Å².